The fourth-order valence-electron chi connectivity index (χ4n) is 2.82. The highest BCUT2D eigenvalue weighted by molar-refractivity contribution is 5.94. The van der Waals surface area contributed by atoms with Crippen molar-refractivity contribution in [1.82, 2.24) is 4.90 Å². The van der Waals surface area contributed by atoms with Crippen LogP contribution < -0.4 is 9.47 Å². The third-order valence-corrected chi connectivity index (χ3v) is 3.99. The largest absolute Gasteiger partial charge is 0.496 e. The van der Waals surface area contributed by atoms with Crippen LogP contribution in [0.25, 0.3) is 0 Å². The summed E-state index contributed by atoms with van der Waals surface area (Å²) in [5, 5.41) is 8.76. The molecule has 6 heteroatoms. The number of hydrogen-bond acceptors (Lipinski definition) is 4. The first-order valence-corrected chi connectivity index (χ1v) is 8.16. The van der Waals surface area contributed by atoms with Crippen LogP contribution in [0, 0.1) is 13.8 Å². The van der Waals surface area contributed by atoms with E-state index in [9.17, 15) is 9.59 Å². The summed E-state index contributed by atoms with van der Waals surface area (Å²) in [6.07, 6.45) is 0. The summed E-state index contributed by atoms with van der Waals surface area (Å²) in [7, 11) is 3.33. The topological polar surface area (TPSA) is 76.1 Å². The first kappa shape index (κ1) is 19.3. The fourth-order valence-corrected chi connectivity index (χ4v) is 2.82. The van der Waals surface area contributed by atoms with Crippen molar-refractivity contribution in [3.05, 3.63) is 58.7 Å². The van der Waals surface area contributed by atoms with Gasteiger partial charge in [-0.05, 0) is 43.2 Å². The van der Waals surface area contributed by atoms with Crippen LogP contribution in [0.2, 0.25) is 0 Å². The van der Waals surface area contributed by atoms with Crippen LogP contribution in [0.1, 0.15) is 27.0 Å². The Hall–Kier alpha value is -3.02. The highest BCUT2D eigenvalue weighted by Crippen LogP contribution is 2.26. The summed E-state index contributed by atoms with van der Waals surface area (Å²) in [6, 6.07) is 11.0. The van der Waals surface area contributed by atoms with Gasteiger partial charge in [0, 0.05) is 24.7 Å². The standard InChI is InChI=1S/C20H23NO5/c1-13-9-16(10-14(2)19(13)26-12-18(22)23)20(24)21(3)11-15-7-5-6-8-17(15)25-4/h5-10H,11-12H2,1-4H3,(H,22,23). The predicted octanol–water partition coefficient (Wildman–Crippen LogP) is 3.05. The normalized spacial score (nSPS) is 10.3. The van der Waals surface area contributed by atoms with Gasteiger partial charge in [0.05, 0.1) is 7.11 Å². The molecule has 0 heterocycles. The van der Waals surface area contributed by atoms with Crippen molar-refractivity contribution in [2.24, 2.45) is 0 Å². The van der Waals surface area contributed by atoms with Gasteiger partial charge < -0.3 is 19.5 Å². The second kappa shape index (κ2) is 8.38. The lowest BCUT2D eigenvalue weighted by atomic mass is 10.0. The van der Waals surface area contributed by atoms with Crippen molar-refractivity contribution >= 4 is 11.9 Å². The average Bonchev–Trinajstić information content (AvgIpc) is 2.60. The number of rotatable bonds is 7. The first-order valence-electron chi connectivity index (χ1n) is 8.16. The first-order chi connectivity index (χ1) is 12.3. The van der Waals surface area contributed by atoms with E-state index in [4.69, 9.17) is 14.6 Å². The number of carbonyl (C=O) groups is 2. The molecule has 0 radical (unpaired) electrons. The van der Waals surface area contributed by atoms with Gasteiger partial charge in [-0.15, -0.1) is 0 Å². The lowest BCUT2D eigenvalue weighted by Gasteiger charge is -2.20. The average molecular weight is 357 g/mol. The molecule has 0 aromatic heterocycles. The maximum Gasteiger partial charge on any atom is 0.341 e. The Bertz CT molecular complexity index is 793. The third kappa shape index (κ3) is 4.53. The molecule has 6 nitrogen and oxygen atoms in total. The van der Waals surface area contributed by atoms with Gasteiger partial charge in [-0.2, -0.15) is 0 Å². The molecule has 0 aliphatic carbocycles. The number of carbonyl (C=O) groups excluding carboxylic acids is 1. The van der Waals surface area contributed by atoms with Crippen LogP contribution in [-0.4, -0.2) is 42.6 Å². The monoisotopic (exact) mass is 357 g/mol. The molecule has 26 heavy (non-hydrogen) atoms. The van der Waals surface area contributed by atoms with Crippen LogP contribution in [0.4, 0.5) is 0 Å². The molecule has 1 N–H and O–H groups in total. The molecule has 2 aromatic carbocycles. The molecular weight excluding hydrogens is 334 g/mol. The Kier molecular flexibility index (Phi) is 6.22. The van der Waals surface area contributed by atoms with Crippen molar-refractivity contribution in [2.75, 3.05) is 20.8 Å². The van der Waals surface area contributed by atoms with E-state index in [-0.39, 0.29) is 5.91 Å². The molecule has 0 saturated carbocycles. The summed E-state index contributed by atoms with van der Waals surface area (Å²) in [4.78, 5) is 25.1. The molecular formula is C20H23NO5. The van der Waals surface area contributed by atoms with E-state index in [1.54, 1.807) is 45.0 Å². The van der Waals surface area contributed by atoms with E-state index in [2.05, 4.69) is 0 Å². The summed E-state index contributed by atoms with van der Waals surface area (Å²) in [6.45, 7) is 3.59. The number of hydrogen-bond donors (Lipinski definition) is 1. The quantitative estimate of drug-likeness (QED) is 0.824. The van der Waals surface area contributed by atoms with Gasteiger partial charge in [-0.1, -0.05) is 18.2 Å². The van der Waals surface area contributed by atoms with E-state index in [0.29, 0.717) is 17.9 Å². The Morgan fingerprint density at radius 2 is 1.73 bits per heavy atom. The molecule has 0 unspecified atom stereocenters. The molecule has 0 spiro atoms. The van der Waals surface area contributed by atoms with Crippen LogP contribution in [0.15, 0.2) is 36.4 Å². The summed E-state index contributed by atoms with van der Waals surface area (Å²) in [5.41, 5.74) is 2.89. The number of ether oxygens (including phenoxy) is 2. The van der Waals surface area contributed by atoms with Crippen LogP contribution in [0.3, 0.4) is 0 Å². The van der Waals surface area contributed by atoms with Crippen molar-refractivity contribution in [3.8, 4) is 11.5 Å². The van der Waals surface area contributed by atoms with Crippen molar-refractivity contribution < 1.29 is 24.2 Å². The highest BCUT2D eigenvalue weighted by atomic mass is 16.5. The number of amides is 1. The zero-order chi connectivity index (χ0) is 19.3. The van der Waals surface area contributed by atoms with Gasteiger partial charge >= 0.3 is 5.97 Å². The van der Waals surface area contributed by atoms with E-state index in [0.717, 1.165) is 22.4 Å². The van der Waals surface area contributed by atoms with Crippen molar-refractivity contribution in [1.29, 1.82) is 0 Å². The molecule has 2 aromatic rings. The SMILES string of the molecule is COc1ccccc1CN(C)C(=O)c1cc(C)c(OCC(=O)O)c(C)c1. The van der Waals surface area contributed by atoms with Gasteiger partial charge in [-0.3, -0.25) is 4.79 Å². The second-order valence-electron chi connectivity index (χ2n) is 6.09. The molecule has 2 rings (SSSR count). The second-order valence-corrected chi connectivity index (χ2v) is 6.09. The van der Waals surface area contributed by atoms with E-state index < -0.39 is 12.6 Å². The third-order valence-electron chi connectivity index (χ3n) is 3.99. The lowest BCUT2D eigenvalue weighted by Crippen LogP contribution is -2.26. The van der Waals surface area contributed by atoms with Gasteiger partial charge in [0.2, 0.25) is 0 Å². The van der Waals surface area contributed by atoms with Crippen LogP contribution in [-0.2, 0) is 11.3 Å². The van der Waals surface area contributed by atoms with Crippen molar-refractivity contribution in [3.63, 3.8) is 0 Å². The van der Waals surface area contributed by atoms with Crippen LogP contribution in [0.5, 0.6) is 11.5 Å². The van der Waals surface area contributed by atoms with E-state index in [1.165, 1.54) is 0 Å². The fraction of sp³-hybridized carbons (Fsp3) is 0.300. The Balaban J connectivity index is 2.19. The van der Waals surface area contributed by atoms with E-state index >= 15 is 0 Å². The predicted molar refractivity (Wildman–Crippen MR) is 97.8 cm³/mol. The van der Waals surface area contributed by atoms with Gasteiger partial charge in [0.15, 0.2) is 6.61 Å². The minimum atomic E-state index is -1.04. The molecule has 138 valence electrons. The molecule has 0 atom stereocenters. The van der Waals surface area contributed by atoms with Crippen molar-refractivity contribution in [2.45, 2.75) is 20.4 Å². The molecule has 0 aliphatic heterocycles. The number of carboxylic acids is 1. The minimum Gasteiger partial charge on any atom is -0.496 e. The maximum absolute atomic E-state index is 12.8. The van der Waals surface area contributed by atoms with E-state index in [1.807, 2.05) is 24.3 Å². The molecule has 0 aliphatic rings. The Labute approximate surface area is 153 Å². The zero-order valence-corrected chi connectivity index (χ0v) is 15.4. The van der Waals surface area contributed by atoms with Gasteiger partial charge in [0.1, 0.15) is 11.5 Å². The van der Waals surface area contributed by atoms with Gasteiger partial charge in [-0.25, -0.2) is 4.79 Å². The molecule has 1 amide bonds. The molecule has 0 fully saturated rings. The number of aliphatic carboxylic acids is 1. The number of para-hydroxylation sites is 1. The lowest BCUT2D eigenvalue weighted by molar-refractivity contribution is -0.139. The van der Waals surface area contributed by atoms with Crippen LogP contribution >= 0.6 is 0 Å². The summed E-state index contributed by atoms with van der Waals surface area (Å²) in [5.74, 6) is 0.0562. The zero-order valence-electron chi connectivity index (χ0n) is 15.4. The van der Waals surface area contributed by atoms with Gasteiger partial charge in [0.25, 0.3) is 5.91 Å². The molecule has 0 saturated heterocycles. The Morgan fingerprint density at radius 3 is 2.31 bits per heavy atom. The molecule has 0 bridgehead atoms. The highest BCUT2D eigenvalue weighted by Gasteiger charge is 2.17. The minimum absolute atomic E-state index is 0.133. The number of nitrogens with zero attached hydrogens (tertiary/aromatic N) is 1. The smallest absolute Gasteiger partial charge is 0.341 e. The maximum atomic E-state index is 12.8. The number of carboxylic acid groups (broad SMARTS) is 1. The number of aryl methyl sites for hydroxylation is 2. The number of benzene rings is 2. The summed E-state index contributed by atoms with van der Waals surface area (Å²) >= 11 is 0. The number of methoxy groups -OCH3 is 1. The Morgan fingerprint density at radius 1 is 1.12 bits per heavy atom. The summed E-state index contributed by atoms with van der Waals surface area (Å²) < 4.78 is 10.6.